The summed E-state index contributed by atoms with van der Waals surface area (Å²) in [5, 5.41) is 2.55. The fourth-order valence-corrected chi connectivity index (χ4v) is 10.2. The highest BCUT2D eigenvalue weighted by Gasteiger charge is 2.51. The van der Waals surface area contributed by atoms with E-state index in [4.69, 9.17) is 19.7 Å². The average Bonchev–Trinajstić information content (AvgIpc) is 3.80. The molecule has 0 saturated carbocycles. The van der Waals surface area contributed by atoms with E-state index in [1.54, 1.807) is 0 Å². The van der Waals surface area contributed by atoms with Crippen LogP contribution in [0.5, 0.6) is 11.5 Å². The molecule has 0 bridgehead atoms. The minimum absolute atomic E-state index is 0.596. The Bertz CT molecular complexity index is 3350. The maximum atomic E-state index is 6.60. The fraction of sp³-hybridized carbons (Fsp3) is 0.0179. The van der Waals surface area contributed by atoms with Gasteiger partial charge in [0.15, 0.2) is 17.5 Å². The van der Waals surface area contributed by atoms with Crippen LogP contribution in [0.2, 0.25) is 0 Å². The first-order valence-corrected chi connectivity index (χ1v) is 20.4. The zero-order valence-electron chi connectivity index (χ0n) is 32.3. The van der Waals surface area contributed by atoms with E-state index in [0.29, 0.717) is 17.5 Å². The van der Waals surface area contributed by atoms with Gasteiger partial charge in [-0.1, -0.05) is 176 Å². The molecule has 1 aliphatic heterocycles. The van der Waals surface area contributed by atoms with Crippen LogP contribution in [0.3, 0.4) is 0 Å². The molecule has 1 spiro atoms. The summed E-state index contributed by atoms with van der Waals surface area (Å²) in [5.74, 6) is 3.60. The Morgan fingerprint density at radius 1 is 0.300 bits per heavy atom. The summed E-state index contributed by atoms with van der Waals surface area (Å²) >= 11 is 0. The number of hydrogen-bond acceptors (Lipinski definition) is 4. The van der Waals surface area contributed by atoms with Gasteiger partial charge in [-0.05, 0) is 90.7 Å². The Balaban J connectivity index is 1.00. The van der Waals surface area contributed by atoms with Gasteiger partial charge in [-0.2, -0.15) is 0 Å². The van der Waals surface area contributed by atoms with Crippen LogP contribution < -0.4 is 4.74 Å². The standard InChI is InChI=1S/C56H33N3O/c1-2-14-34(15-3-1)53-57-54(36-17-12-16-35(32-36)38-30-31-45-40-19-5-4-18-39(40)44-22-13-21-43(38)52(44)45)59-55(58-53)37-28-29-42-41-20-6-7-23-46(41)56(49(42)33-37)47-24-8-10-26-50(47)60-51-27-11-9-25-48(51)56/h1-33H. The van der Waals surface area contributed by atoms with Crippen molar-refractivity contribution in [3.63, 3.8) is 0 Å². The zero-order valence-corrected chi connectivity index (χ0v) is 32.3. The number of para-hydroxylation sites is 2. The monoisotopic (exact) mass is 763 g/mol. The summed E-state index contributed by atoms with van der Waals surface area (Å²) in [4.78, 5) is 15.7. The van der Waals surface area contributed by atoms with Crippen molar-refractivity contribution in [2.45, 2.75) is 5.41 Å². The Morgan fingerprint density at radius 2 is 0.783 bits per heavy atom. The van der Waals surface area contributed by atoms with Crippen molar-refractivity contribution in [1.29, 1.82) is 0 Å². The van der Waals surface area contributed by atoms with Crippen molar-refractivity contribution in [1.82, 2.24) is 15.0 Å². The number of benzene rings is 9. The topological polar surface area (TPSA) is 47.9 Å². The van der Waals surface area contributed by atoms with E-state index in [2.05, 4.69) is 182 Å². The molecule has 10 aromatic rings. The molecule has 0 fully saturated rings. The van der Waals surface area contributed by atoms with Gasteiger partial charge in [0, 0.05) is 27.8 Å². The van der Waals surface area contributed by atoms with Crippen molar-refractivity contribution in [2.75, 3.05) is 0 Å². The lowest BCUT2D eigenvalue weighted by atomic mass is 9.66. The molecular weight excluding hydrogens is 731 g/mol. The van der Waals surface area contributed by atoms with E-state index in [-0.39, 0.29) is 0 Å². The summed E-state index contributed by atoms with van der Waals surface area (Å²) in [7, 11) is 0. The maximum Gasteiger partial charge on any atom is 0.164 e. The third-order valence-corrected chi connectivity index (χ3v) is 12.8. The van der Waals surface area contributed by atoms with Gasteiger partial charge in [0.2, 0.25) is 0 Å². The minimum atomic E-state index is -0.596. The molecule has 0 radical (unpaired) electrons. The highest BCUT2D eigenvalue weighted by atomic mass is 16.5. The molecule has 0 amide bonds. The van der Waals surface area contributed by atoms with Gasteiger partial charge < -0.3 is 4.74 Å². The first-order chi connectivity index (χ1) is 29.7. The van der Waals surface area contributed by atoms with Gasteiger partial charge in [0.05, 0.1) is 5.41 Å². The number of rotatable bonds is 4. The molecule has 9 aromatic carbocycles. The molecule has 278 valence electrons. The van der Waals surface area contributed by atoms with Crippen LogP contribution >= 0.6 is 0 Å². The second kappa shape index (κ2) is 12.5. The number of hydrogen-bond donors (Lipinski definition) is 0. The molecule has 4 heteroatoms. The first-order valence-electron chi connectivity index (χ1n) is 20.4. The number of nitrogens with zero attached hydrogens (tertiary/aromatic N) is 3. The molecule has 0 atom stereocenters. The normalized spacial score (nSPS) is 13.3. The smallest absolute Gasteiger partial charge is 0.164 e. The Morgan fingerprint density at radius 3 is 1.52 bits per heavy atom. The Hall–Kier alpha value is -7.95. The SMILES string of the molecule is c1ccc(-c2nc(-c3cccc(-c4ccc5c6c(cccc46)-c4ccccc4-5)c3)nc(-c3ccc4c(c3)C3(c5ccccc5Oc5ccccc53)c3ccccc3-4)n2)cc1. The molecule has 60 heavy (non-hydrogen) atoms. The van der Waals surface area contributed by atoms with Crippen molar-refractivity contribution >= 4 is 10.8 Å². The minimum Gasteiger partial charge on any atom is -0.457 e. The van der Waals surface area contributed by atoms with Crippen molar-refractivity contribution in [3.8, 4) is 90.2 Å². The van der Waals surface area contributed by atoms with Crippen LogP contribution in [0.1, 0.15) is 22.3 Å². The van der Waals surface area contributed by atoms with Crippen LogP contribution in [-0.2, 0) is 5.41 Å². The average molecular weight is 764 g/mol. The first kappa shape index (κ1) is 33.1. The molecule has 4 nitrogen and oxygen atoms in total. The number of ether oxygens (including phenoxy) is 1. The second-order valence-corrected chi connectivity index (χ2v) is 15.8. The maximum absolute atomic E-state index is 6.60. The Labute approximate surface area is 347 Å². The van der Waals surface area contributed by atoms with Crippen molar-refractivity contribution < 1.29 is 4.74 Å². The van der Waals surface area contributed by atoms with E-state index < -0.39 is 5.41 Å². The predicted octanol–water partition coefficient (Wildman–Crippen LogP) is 13.8. The van der Waals surface area contributed by atoms with Gasteiger partial charge in [-0.15, -0.1) is 0 Å². The number of fused-ring (bicyclic) bond motifs is 12. The van der Waals surface area contributed by atoms with Crippen LogP contribution in [0.4, 0.5) is 0 Å². The molecule has 2 aliphatic carbocycles. The lowest BCUT2D eigenvalue weighted by Crippen LogP contribution is -2.32. The van der Waals surface area contributed by atoms with Crippen LogP contribution in [0.15, 0.2) is 200 Å². The quantitative estimate of drug-likeness (QED) is 0.179. The van der Waals surface area contributed by atoms with E-state index in [1.807, 2.05) is 18.2 Å². The van der Waals surface area contributed by atoms with Crippen LogP contribution in [0.25, 0.3) is 89.4 Å². The molecular formula is C56H33N3O. The molecule has 0 N–H and O–H groups in total. The third-order valence-electron chi connectivity index (χ3n) is 12.8. The van der Waals surface area contributed by atoms with Crippen molar-refractivity contribution in [2.24, 2.45) is 0 Å². The highest BCUT2D eigenvalue weighted by Crippen LogP contribution is 2.62. The predicted molar refractivity (Wildman–Crippen MR) is 241 cm³/mol. The van der Waals surface area contributed by atoms with E-state index in [1.165, 1.54) is 60.8 Å². The summed E-state index contributed by atoms with van der Waals surface area (Å²) in [6, 6.07) is 71.2. The van der Waals surface area contributed by atoms with Gasteiger partial charge >= 0.3 is 0 Å². The summed E-state index contributed by atoms with van der Waals surface area (Å²) in [5.41, 5.74) is 16.7. The zero-order chi connectivity index (χ0) is 39.4. The van der Waals surface area contributed by atoms with Gasteiger partial charge in [0.1, 0.15) is 11.5 Å². The molecule has 3 aliphatic rings. The summed E-state index contributed by atoms with van der Waals surface area (Å²) < 4.78 is 6.60. The molecule has 2 heterocycles. The molecule has 1 aromatic heterocycles. The van der Waals surface area contributed by atoms with Gasteiger partial charge in [0.25, 0.3) is 0 Å². The van der Waals surface area contributed by atoms with E-state index in [0.717, 1.165) is 44.9 Å². The molecule has 13 rings (SSSR count). The molecule has 0 unspecified atom stereocenters. The third kappa shape index (κ3) is 4.59. The van der Waals surface area contributed by atoms with E-state index >= 15 is 0 Å². The van der Waals surface area contributed by atoms with Crippen LogP contribution in [-0.4, -0.2) is 15.0 Å². The Kier molecular flexibility index (Phi) is 6.90. The fourth-order valence-electron chi connectivity index (χ4n) is 10.2. The lowest BCUT2D eigenvalue weighted by Gasteiger charge is -2.39. The lowest BCUT2D eigenvalue weighted by molar-refractivity contribution is 0.436. The van der Waals surface area contributed by atoms with Crippen molar-refractivity contribution in [3.05, 3.63) is 222 Å². The van der Waals surface area contributed by atoms with E-state index in [9.17, 15) is 0 Å². The van der Waals surface area contributed by atoms with Crippen LogP contribution in [0, 0.1) is 0 Å². The summed E-state index contributed by atoms with van der Waals surface area (Å²) in [6.07, 6.45) is 0. The second-order valence-electron chi connectivity index (χ2n) is 15.8. The van der Waals surface area contributed by atoms with Gasteiger partial charge in [-0.3, -0.25) is 0 Å². The largest absolute Gasteiger partial charge is 0.457 e. The number of aromatic nitrogens is 3. The summed E-state index contributed by atoms with van der Waals surface area (Å²) in [6.45, 7) is 0. The van der Waals surface area contributed by atoms with Gasteiger partial charge in [-0.25, -0.2) is 15.0 Å². The highest BCUT2D eigenvalue weighted by molar-refractivity contribution is 6.18. The molecule has 0 saturated heterocycles.